The first-order chi connectivity index (χ1) is 16.4. The number of aliphatic carboxylic acids is 1. The highest BCUT2D eigenvalue weighted by Crippen LogP contribution is 2.44. The van der Waals surface area contributed by atoms with Crippen molar-refractivity contribution in [1.29, 1.82) is 0 Å². The molecule has 7 heteroatoms. The quantitative estimate of drug-likeness (QED) is 0.603. The molecular formula is C27H32N2O5. The Balaban J connectivity index is 1.33. The van der Waals surface area contributed by atoms with Gasteiger partial charge in [0.05, 0.1) is 5.41 Å². The molecule has 2 aromatic carbocycles. The van der Waals surface area contributed by atoms with Crippen LogP contribution in [0.1, 0.15) is 56.6 Å². The summed E-state index contributed by atoms with van der Waals surface area (Å²) >= 11 is 0. The Morgan fingerprint density at radius 3 is 2.24 bits per heavy atom. The molecule has 1 aliphatic heterocycles. The van der Waals surface area contributed by atoms with Crippen LogP contribution in [0.5, 0.6) is 0 Å². The van der Waals surface area contributed by atoms with Gasteiger partial charge in [0.2, 0.25) is 5.91 Å². The Morgan fingerprint density at radius 1 is 1.09 bits per heavy atom. The number of hydrogen-bond acceptors (Lipinski definition) is 4. The Morgan fingerprint density at radius 2 is 1.71 bits per heavy atom. The molecule has 2 aromatic rings. The van der Waals surface area contributed by atoms with Crippen molar-refractivity contribution in [2.24, 2.45) is 5.41 Å². The van der Waals surface area contributed by atoms with Crippen LogP contribution >= 0.6 is 0 Å². The van der Waals surface area contributed by atoms with Crippen LogP contribution in [-0.2, 0) is 14.3 Å². The van der Waals surface area contributed by atoms with Gasteiger partial charge in [-0.15, -0.1) is 0 Å². The summed E-state index contributed by atoms with van der Waals surface area (Å²) in [7, 11) is 0. The third kappa shape index (κ3) is 4.52. The Hall–Kier alpha value is -3.35. The van der Waals surface area contributed by atoms with E-state index in [2.05, 4.69) is 29.6 Å². The van der Waals surface area contributed by atoms with Crippen LogP contribution in [0.3, 0.4) is 0 Å². The van der Waals surface area contributed by atoms with Crippen molar-refractivity contribution in [3.8, 4) is 11.1 Å². The van der Waals surface area contributed by atoms with Gasteiger partial charge in [-0.3, -0.25) is 9.59 Å². The number of carboxylic acids is 1. The van der Waals surface area contributed by atoms with Gasteiger partial charge in [-0.1, -0.05) is 62.4 Å². The molecule has 2 aliphatic rings. The zero-order valence-corrected chi connectivity index (χ0v) is 19.8. The second kappa shape index (κ2) is 9.87. The number of carboxylic acid groups (broad SMARTS) is 1. The number of carbonyl (C=O) groups is 3. The van der Waals surface area contributed by atoms with Crippen molar-refractivity contribution in [2.45, 2.75) is 51.5 Å². The molecule has 1 heterocycles. The molecule has 2 atom stereocenters. The minimum absolute atomic E-state index is 0.0253. The summed E-state index contributed by atoms with van der Waals surface area (Å²) in [6, 6.07) is 15.9. The van der Waals surface area contributed by atoms with E-state index in [4.69, 9.17) is 4.74 Å². The van der Waals surface area contributed by atoms with Crippen LogP contribution in [0.15, 0.2) is 48.5 Å². The highest BCUT2D eigenvalue weighted by molar-refractivity contribution is 5.82. The summed E-state index contributed by atoms with van der Waals surface area (Å²) in [6.07, 6.45) is 1.10. The molecule has 34 heavy (non-hydrogen) atoms. The lowest BCUT2D eigenvalue weighted by Crippen LogP contribution is -2.41. The average Bonchev–Trinajstić information content (AvgIpc) is 3.43. The molecule has 0 radical (unpaired) electrons. The molecule has 1 fully saturated rings. The number of ether oxygens (including phenoxy) is 1. The van der Waals surface area contributed by atoms with Crippen LogP contribution in [0.4, 0.5) is 4.79 Å². The predicted octanol–water partition coefficient (Wildman–Crippen LogP) is 4.41. The van der Waals surface area contributed by atoms with Gasteiger partial charge in [0.25, 0.3) is 0 Å². The molecule has 1 saturated heterocycles. The van der Waals surface area contributed by atoms with Crippen molar-refractivity contribution in [3.63, 3.8) is 0 Å². The number of fused-ring (bicyclic) bond motifs is 3. The summed E-state index contributed by atoms with van der Waals surface area (Å²) in [6.45, 7) is 4.61. The monoisotopic (exact) mass is 464 g/mol. The summed E-state index contributed by atoms with van der Waals surface area (Å²) < 4.78 is 5.61. The van der Waals surface area contributed by atoms with E-state index in [0.717, 1.165) is 11.1 Å². The van der Waals surface area contributed by atoms with Crippen LogP contribution in [0, 0.1) is 5.41 Å². The van der Waals surface area contributed by atoms with E-state index in [-0.39, 0.29) is 37.4 Å². The first-order valence-corrected chi connectivity index (χ1v) is 12.0. The van der Waals surface area contributed by atoms with E-state index >= 15 is 0 Å². The number of hydrogen-bond donors (Lipinski definition) is 2. The molecule has 180 valence electrons. The molecule has 1 aliphatic carbocycles. The van der Waals surface area contributed by atoms with Gasteiger partial charge in [-0.2, -0.15) is 0 Å². The molecular weight excluding hydrogens is 432 g/mol. The second-order valence-corrected chi connectivity index (χ2v) is 9.28. The Labute approximate surface area is 200 Å². The Kier molecular flexibility index (Phi) is 6.91. The van der Waals surface area contributed by atoms with Gasteiger partial charge in [-0.25, -0.2) is 4.79 Å². The fourth-order valence-electron chi connectivity index (χ4n) is 5.14. The molecule has 4 rings (SSSR count). The fourth-order valence-corrected chi connectivity index (χ4v) is 5.14. The highest BCUT2D eigenvalue weighted by Gasteiger charge is 2.44. The highest BCUT2D eigenvalue weighted by atomic mass is 16.5. The number of rotatable bonds is 8. The average molecular weight is 465 g/mol. The zero-order valence-electron chi connectivity index (χ0n) is 19.8. The van der Waals surface area contributed by atoms with Crippen molar-refractivity contribution in [3.05, 3.63) is 59.7 Å². The van der Waals surface area contributed by atoms with Crippen LogP contribution in [0.2, 0.25) is 0 Å². The van der Waals surface area contributed by atoms with Crippen molar-refractivity contribution < 1.29 is 24.2 Å². The molecule has 0 spiro atoms. The summed E-state index contributed by atoms with van der Waals surface area (Å²) in [5.41, 5.74) is 3.76. The zero-order chi connectivity index (χ0) is 24.3. The lowest BCUT2D eigenvalue weighted by molar-refractivity contribution is -0.148. The number of nitrogens with zero attached hydrogens (tertiary/aromatic N) is 1. The van der Waals surface area contributed by atoms with E-state index < -0.39 is 17.5 Å². The van der Waals surface area contributed by atoms with Gasteiger partial charge < -0.3 is 20.1 Å². The van der Waals surface area contributed by atoms with Gasteiger partial charge in [0, 0.05) is 31.5 Å². The number of alkyl carbamates (subject to hydrolysis) is 1. The van der Waals surface area contributed by atoms with Crippen molar-refractivity contribution in [1.82, 2.24) is 10.2 Å². The van der Waals surface area contributed by atoms with E-state index in [1.54, 1.807) is 4.90 Å². The molecule has 0 aromatic heterocycles. The molecule has 2 N–H and O–H groups in total. The maximum absolute atomic E-state index is 12.8. The summed E-state index contributed by atoms with van der Waals surface area (Å²) in [4.78, 5) is 38.7. The van der Waals surface area contributed by atoms with Crippen LogP contribution < -0.4 is 5.32 Å². The number of nitrogens with one attached hydrogen (secondary N) is 1. The Bertz CT molecular complexity index is 1040. The number of amides is 2. The maximum Gasteiger partial charge on any atom is 0.407 e. The topological polar surface area (TPSA) is 95.9 Å². The largest absolute Gasteiger partial charge is 0.481 e. The minimum atomic E-state index is -0.863. The van der Waals surface area contributed by atoms with Crippen LogP contribution in [-0.4, -0.2) is 53.7 Å². The standard InChI is InChI=1S/C27H32N2O5/c1-3-18(15-24(30)29-14-13-27(4-2,17-29)25(31)32)28-26(33)34-16-23-21-11-7-5-9-19(21)20-10-6-8-12-22(20)23/h5-12,18,23H,3-4,13-17H2,1-2H3,(H,28,33)(H,31,32)/t18-,27?/m1/s1. The van der Waals surface area contributed by atoms with Crippen LogP contribution in [0.25, 0.3) is 11.1 Å². The molecule has 1 unspecified atom stereocenters. The third-order valence-corrected chi connectivity index (χ3v) is 7.42. The minimum Gasteiger partial charge on any atom is -0.481 e. The number of likely N-dealkylation sites (tertiary alicyclic amines) is 1. The molecule has 0 bridgehead atoms. The molecule has 0 saturated carbocycles. The predicted molar refractivity (Wildman–Crippen MR) is 128 cm³/mol. The van der Waals surface area contributed by atoms with Gasteiger partial charge in [0.1, 0.15) is 6.61 Å². The first-order valence-electron chi connectivity index (χ1n) is 12.0. The van der Waals surface area contributed by atoms with Gasteiger partial charge in [0.15, 0.2) is 0 Å². The lowest BCUT2D eigenvalue weighted by atomic mass is 9.84. The lowest BCUT2D eigenvalue weighted by Gasteiger charge is -2.24. The van der Waals surface area contributed by atoms with E-state index in [0.29, 0.717) is 25.8 Å². The second-order valence-electron chi connectivity index (χ2n) is 9.28. The summed E-state index contributed by atoms with van der Waals surface area (Å²) in [5, 5.41) is 12.4. The van der Waals surface area contributed by atoms with E-state index in [9.17, 15) is 19.5 Å². The van der Waals surface area contributed by atoms with E-state index in [1.165, 1.54) is 11.1 Å². The van der Waals surface area contributed by atoms with Crippen molar-refractivity contribution in [2.75, 3.05) is 19.7 Å². The fraction of sp³-hybridized carbons (Fsp3) is 0.444. The normalized spacial score (nSPS) is 19.9. The maximum atomic E-state index is 12.8. The SMILES string of the molecule is CC[C@H](CC(=O)N1CCC(CC)(C(=O)O)C1)NC(=O)OCC1c2ccccc2-c2ccccc21. The van der Waals surface area contributed by atoms with Crippen molar-refractivity contribution >= 4 is 18.0 Å². The van der Waals surface area contributed by atoms with Gasteiger partial charge in [-0.05, 0) is 41.5 Å². The molecule has 2 amide bonds. The van der Waals surface area contributed by atoms with E-state index in [1.807, 2.05) is 38.1 Å². The molecule has 7 nitrogen and oxygen atoms in total. The summed E-state index contributed by atoms with van der Waals surface area (Å²) in [5.74, 6) is -1.01. The number of carbonyl (C=O) groups excluding carboxylic acids is 2. The third-order valence-electron chi connectivity index (χ3n) is 7.42. The number of benzene rings is 2. The smallest absolute Gasteiger partial charge is 0.407 e. The van der Waals surface area contributed by atoms with Gasteiger partial charge >= 0.3 is 12.1 Å². The first kappa shape index (κ1) is 23.8.